The molecule has 0 bridgehead atoms. The van der Waals surface area contributed by atoms with Crippen molar-refractivity contribution in [3.8, 4) is 34.0 Å². The first-order chi connectivity index (χ1) is 49.3. The summed E-state index contributed by atoms with van der Waals surface area (Å²) in [6, 6.07) is 25.5. The SMILES string of the molecule is COc1c(-c2ccc(COC(C)=O)cc2)nn(C)c1C1=Nc2cc(C(N)=O)ccc2C1.COc1c(-c2ccc(CO[Si](C)(C)C(C)(C)C)cc2)nn(C)c1C(=O)Cc1cc(C(N)=O)ccc1N.PP(P)P(P)P(P(P(P)P)P(P)P)P(P(P)P)P(P)P.PPP(P)P(P(P(P)P)P(P)P)P(P(P)P)P(P)P. The first kappa shape index (κ1) is 108. The average molecular weight is 2180 g/mol. The second-order valence-electron chi connectivity index (χ2n) is 23.6. The Labute approximate surface area is 699 Å². The molecule has 3 heterocycles. The molecule has 6 aromatic rings. The quantitative estimate of drug-likeness (QED) is 0.0122. The number of ether oxygens (including phenoxy) is 3. The lowest BCUT2D eigenvalue weighted by atomic mass is 10.0. The van der Waals surface area contributed by atoms with E-state index in [0.29, 0.717) is 64.0 Å². The average Bonchev–Trinajstić information content (AvgIpc) is 1.61. The highest BCUT2D eigenvalue weighted by molar-refractivity contribution is 9.37. The molecule has 106 heavy (non-hydrogen) atoms. The molecule has 2 aromatic heterocycles. The van der Waals surface area contributed by atoms with Crippen molar-refractivity contribution in [2.45, 2.75) is 71.9 Å². The van der Waals surface area contributed by atoms with Crippen LogP contribution in [0.2, 0.25) is 18.1 Å². The van der Waals surface area contributed by atoms with Crippen LogP contribution in [0.5, 0.6) is 11.5 Å². The molecule has 1 aliphatic rings. The van der Waals surface area contributed by atoms with Crippen LogP contribution in [0.15, 0.2) is 89.9 Å². The highest BCUT2D eigenvalue weighted by atomic mass is 33.4. The minimum atomic E-state index is -1.85. The number of Topliss-reactive ketones (excluding diaryl/α,β-unsaturated/α-hetero) is 1. The largest absolute Gasteiger partial charge is 0.492 e. The number of carbonyl (C=O) groups excluding carboxylic acids is 4. The van der Waals surface area contributed by atoms with Gasteiger partial charge in [-0.15, -0.1) is 187 Å². The molecule has 0 saturated carbocycles. The van der Waals surface area contributed by atoms with Gasteiger partial charge >= 0.3 is 5.97 Å². The van der Waals surface area contributed by atoms with Crippen LogP contribution in [0.3, 0.4) is 0 Å². The zero-order chi connectivity index (χ0) is 80.5. The van der Waals surface area contributed by atoms with Gasteiger partial charge in [-0.2, -0.15) is 10.2 Å². The highest BCUT2D eigenvalue weighted by Gasteiger charge is 2.43. The van der Waals surface area contributed by atoms with Crippen molar-refractivity contribution >= 4 is 363 Å². The summed E-state index contributed by atoms with van der Waals surface area (Å²) in [5.41, 5.74) is 27.0. The lowest BCUT2D eigenvalue weighted by Gasteiger charge is -2.45. The van der Waals surface area contributed by atoms with Crippen LogP contribution in [-0.4, -0.2) is 71.4 Å². The highest BCUT2D eigenvalue weighted by Crippen LogP contribution is 3.31. The van der Waals surface area contributed by atoms with Crippen LogP contribution in [0.25, 0.3) is 22.5 Å². The van der Waals surface area contributed by atoms with Gasteiger partial charge in [0.25, 0.3) is 0 Å². The van der Waals surface area contributed by atoms with Crippen molar-refractivity contribution in [3.63, 3.8) is 0 Å². The fraction of sp³-hybridized carbons (Fsp3) is 0.300. The number of anilines is 1. The number of esters is 1. The third-order valence-corrected chi connectivity index (χ3v) is 263. The van der Waals surface area contributed by atoms with Gasteiger partial charge in [0.1, 0.15) is 29.4 Å². The number of aliphatic imine (C=N–C) groups is 1. The maximum absolute atomic E-state index is 13.3. The smallest absolute Gasteiger partial charge is 0.302 e. The number of nitrogen functional groups attached to an aromatic ring is 1. The van der Waals surface area contributed by atoms with Crippen molar-refractivity contribution in [2.75, 3.05) is 20.0 Å². The van der Waals surface area contributed by atoms with E-state index in [-0.39, 0.29) is 149 Å². The Morgan fingerprint density at radius 3 is 1.38 bits per heavy atom. The number of benzene rings is 4. The Morgan fingerprint density at radius 2 is 0.972 bits per heavy atom. The van der Waals surface area contributed by atoms with Crippen LogP contribution in [-0.2, 0) is 54.1 Å². The summed E-state index contributed by atoms with van der Waals surface area (Å²) in [5, 5.41) is 9.37. The molecule has 588 valence electrons. The molecule has 1 aliphatic heterocycles. The van der Waals surface area contributed by atoms with Gasteiger partial charge in [-0.1, -0.05) is 83.3 Å². The normalized spacial score (nSPS) is 13.3. The van der Waals surface area contributed by atoms with E-state index in [4.69, 9.17) is 40.8 Å². The summed E-state index contributed by atoms with van der Waals surface area (Å²) < 4.78 is 26.0. The van der Waals surface area contributed by atoms with Gasteiger partial charge in [0.05, 0.1) is 32.2 Å². The molecule has 7 rings (SSSR count). The van der Waals surface area contributed by atoms with E-state index in [1.54, 1.807) is 43.1 Å². The first-order valence-corrected chi connectivity index (χ1v) is 103. The molecule has 0 aliphatic carbocycles. The lowest BCUT2D eigenvalue weighted by molar-refractivity contribution is -0.142. The molecule has 4 aromatic carbocycles. The van der Waals surface area contributed by atoms with Crippen LogP contribution in [0.1, 0.15) is 86.8 Å². The Morgan fingerprint density at radius 1 is 0.557 bits per heavy atom. The van der Waals surface area contributed by atoms with Crippen LogP contribution in [0.4, 0.5) is 11.4 Å². The summed E-state index contributed by atoms with van der Waals surface area (Å²) in [6.45, 7) is 14.8. The molecular formula is C50H101N8O8P39Si. The van der Waals surface area contributed by atoms with E-state index < -0.39 is 20.1 Å². The second kappa shape index (κ2) is 52.5. The second-order valence-corrected chi connectivity index (χ2v) is 180. The molecule has 16 nitrogen and oxygen atoms in total. The number of nitrogens with two attached hydrogens (primary N) is 3. The number of aromatic nitrogens is 4. The van der Waals surface area contributed by atoms with E-state index in [9.17, 15) is 19.2 Å². The molecule has 24 atom stereocenters. The van der Waals surface area contributed by atoms with Gasteiger partial charge in [0.2, 0.25) is 11.8 Å². The maximum atomic E-state index is 13.3. The molecule has 0 saturated heterocycles. The third-order valence-electron chi connectivity index (χ3n) is 15.1. The Bertz CT molecular complexity index is 3840. The Balaban J connectivity index is 0.000000310. The number of hydrogen-bond acceptors (Lipinski definition) is 12. The lowest BCUT2D eigenvalue weighted by Crippen LogP contribution is -2.40. The number of nitrogens with zero attached hydrogens (tertiary/aromatic N) is 5. The van der Waals surface area contributed by atoms with Gasteiger partial charge in [0, 0.05) is 61.8 Å². The number of primary amides is 2. The molecule has 6 N–H and O–H groups in total. The molecule has 2 amide bonds. The number of fused-ring (bicyclic) bond motifs is 1. The molecule has 0 spiro atoms. The first-order valence-electron chi connectivity index (χ1n) is 30.2. The van der Waals surface area contributed by atoms with E-state index in [0.717, 1.165) is 52.9 Å². The monoisotopic (exact) mass is 2180 g/mol. The van der Waals surface area contributed by atoms with E-state index in [1.807, 2.05) is 61.6 Å². The fourth-order valence-corrected chi connectivity index (χ4v) is 455. The van der Waals surface area contributed by atoms with Crippen LogP contribution in [0, 0.1) is 0 Å². The minimum Gasteiger partial charge on any atom is -0.492 e. The van der Waals surface area contributed by atoms with Gasteiger partial charge in [-0.3, -0.25) is 33.5 Å². The number of ketones is 1. The Hall–Kier alpha value is 9.40. The van der Waals surface area contributed by atoms with Gasteiger partial charge < -0.3 is 35.8 Å². The standard InChI is InChI=1S/C27H36N4O4Si.C23H22N4O4.H22P20.H21P19/c1-27(2,3)36(6,7)35-16-17-8-10-18(11-9-17)23-25(34-5)24(31(4)30-23)22(32)15-20-14-19(26(29)33)12-13-21(20)28;1-13(28)31-12-14-4-6-15(7-5-14)20-22(30-3)21(27(2)26-20)19-10-16-8-9-17(23(24)29)11-18(16)25-19;1-12(2)17(11)20(18(13(3)4)14(5)6)19(15(7)8)16(9)10;1-11-16(10)19(17(12(2)3)13(4)5)18(14(6)7)15(8)9/h8-14H,15-16,28H2,1-7H3,(H2,29,33);4-9,11H,10,12H2,1-3H3,(H2,24,29);1-11H2;11H,1-10H2. The number of carbonyl (C=O) groups is 4. The fourth-order valence-electron chi connectivity index (χ4n) is 9.06. The van der Waals surface area contributed by atoms with Gasteiger partial charge in [-0.05, 0) is 190 Å². The van der Waals surface area contributed by atoms with Crippen molar-refractivity contribution in [2.24, 2.45) is 30.6 Å². The molecule has 0 radical (unpaired) electrons. The molecular weight excluding hydrogens is 2080 g/mol. The summed E-state index contributed by atoms with van der Waals surface area (Å²) in [6.07, 6.45) is 0.580. The topological polar surface area (TPSA) is 231 Å². The predicted octanol–water partition coefficient (Wildman–Crippen LogP) is 29.7. The number of amides is 2. The van der Waals surface area contributed by atoms with E-state index in [2.05, 4.69) is 232 Å². The number of methoxy groups -OCH3 is 2. The summed E-state index contributed by atoms with van der Waals surface area (Å²) in [5.74, 6) is -0.609. The molecule has 56 heteroatoms. The van der Waals surface area contributed by atoms with Crippen molar-refractivity contribution in [1.29, 1.82) is 0 Å². The number of hydrogen-bond donors (Lipinski definition) is 3. The van der Waals surface area contributed by atoms with E-state index in [1.165, 1.54) is 24.8 Å². The van der Waals surface area contributed by atoms with E-state index >= 15 is 0 Å². The molecule has 0 fully saturated rings. The van der Waals surface area contributed by atoms with Gasteiger partial charge in [0.15, 0.2) is 25.6 Å². The predicted molar refractivity (Wildman–Crippen MR) is 590 cm³/mol. The number of aryl methyl sites for hydroxylation is 2. The zero-order valence-electron chi connectivity index (χ0n) is 59.9. The van der Waals surface area contributed by atoms with Crippen molar-refractivity contribution < 1.29 is 37.8 Å². The van der Waals surface area contributed by atoms with Crippen molar-refractivity contribution in [3.05, 3.63) is 130 Å². The molecule has 24 unspecified atom stereocenters. The maximum Gasteiger partial charge on any atom is 0.302 e. The minimum absolute atomic E-state index is 0.0218. The third kappa shape index (κ3) is 32.7. The van der Waals surface area contributed by atoms with Crippen LogP contribution >= 0.6 is 314 Å². The zero-order valence-corrected chi connectivity index (χ0v) is 101. The Kier molecular flexibility index (Phi) is 53.4. The van der Waals surface area contributed by atoms with Crippen LogP contribution < -0.4 is 26.7 Å². The number of rotatable bonds is 31. The summed E-state index contributed by atoms with van der Waals surface area (Å²) in [7, 11) is 72.0. The summed E-state index contributed by atoms with van der Waals surface area (Å²) in [4.78, 5) is 52.0. The van der Waals surface area contributed by atoms with Gasteiger partial charge in [-0.25, -0.2) is 0 Å². The summed E-state index contributed by atoms with van der Waals surface area (Å²) >= 11 is 0. The van der Waals surface area contributed by atoms with Crippen molar-refractivity contribution in [1.82, 2.24) is 19.6 Å².